The van der Waals surface area contributed by atoms with Crippen molar-refractivity contribution in [1.29, 1.82) is 0 Å². The van der Waals surface area contributed by atoms with E-state index in [0.29, 0.717) is 12.8 Å². The van der Waals surface area contributed by atoms with Crippen LogP contribution in [0.1, 0.15) is 46.0 Å². The Hall–Kier alpha value is -1.26. The Morgan fingerprint density at radius 3 is 2.28 bits per heavy atom. The molecule has 0 aromatic rings. The molecule has 0 aromatic carbocycles. The van der Waals surface area contributed by atoms with Gasteiger partial charge in [0.2, 0.25) is 0 Å². The number of nitrogens with zero attached hydrogens (tertiary/aromatic N) is 1. The molecule has 0 heterocycles. The molecule has 0 spiro atoms. The highest BCUT2D eigenvalue weighted by atomic mass is 16.4. The van der Waals surface area contributed by atoms with Gasteiger partial charge in [0.05, 0.1) is 5.92 Å². The minimum atomic E-state index is -0.745. The molecular weight excluding hydrogens is 232 g/mol. The maximum Gasteiger partial charge on any atom is 0.317 e. The summed E-state index contributed by atoms with van der Waals surface area (Å²) in [5.74, 6) is -1.04. The van der Waals surface area contributed by atoms with Gasteiger partial charge in [-0.1, -0.05) is 13.8 Å². The first-order chi connectivity index (χ1) is 8.58. The molecule has 0 saturated heterocycles. The van der Waals surface area contributed by atoms with E-state index >= 15 is 0 Å². The molecule has 0 radical (unpaired) electrons. The first kappa shape index (κ1) is 14.8. The summed E-state index contributed by atoms with van der Waals surface area (Å²) in [6, 6.07) is -0.0236. The lowest BCUT2D eigenvalue weighted by atomic mass is 10.1. The molecule has 1 rings (SSSR count). The molecule has 1 aliphatic carbocycles. The van der Waals surface area contributed by atoms with Gasteiger partial charge in [-0.3, -0.25) is 4.79 Å². The number of carboxylic acids is 1. The van der Waals surface area contributed by atoms with E-state index < -0.39 is 5.97 Å². The molecule has 0 aromatic heterocycles. The summed E-state index contributed by atoms with van der Waals surface area (Å²) >= 11 is 0. The fraction of sp³-hybridized carbons (Fsp3) is 0.846. The van der Waals surface area contributed by atoms with Gasteiger partial charge in [0, 0.05) is 19.1 Å². The molecule has 0 bridgehead atoms. The quantitative estimate of drug-likeness (QED) is 0.764. The van der Waals surface area contributed by atoms with Crippen molar-refractivity contribution in [3.8, 4) is 0 Å². The van der Waals surface area contributed by atoms with E-state index in [1.54, 1.807) is 0 Å². The standard InChI is InChI=1S/C13H24N2O3/c1-3-7-15(8-4-2)13(18)14-11-6-5-10(9-11)12(16)17/h10-11H,3-9H2,1-2H3,(H,14,18)(H,16,17). The van der Waals surface area contributed by atoms with Gasteiger partial charge in [-0.15, -0.1) is 0 Å². The van der Waals surface area contributed by atoms with E-state index in [4.69, 9.17) is 5.11 Å². The summed E-state index contributed by atoms with van der Waals surface area (Å²) in [6.45, 7) is 5.61. The number of hydrogen-bond acceptors (Lipinski definition) is 2. The fourth-order valence-electron chi connectivity index (χ4n) is 2.46. The first-order valence-corrected chi connectivity index (χ1v) is 6.86. The number of amides is 2. The van der Waals surface area contributed by atoms with Crippen LogP contribution >= 0.6 is 0 Å². The lowest BCUT2D eigenvalue weighted by Gasteiger charge is -2.24. The highest BCUT2D eigenvalue weighted by molar-refractivity contribution is 5.75. The third-order valence-electron chi connectivity index (χ3n) is 3.38. The summed E-state index contributed by atoms with van der Waals surface area (Å²) in [6.07, 6.45) is 3.88. The van der Waals surface area contributed by atoms with Crippen molar-refractivity contribution >= 4 is 12.0 Å². The van der Waals surface area contributed by atoms with Gasteiger partial charge in [0.25, 0.3) is 0 Å². The maximum absolute atomic E-state index is 12.0. The van der Waals surface area contributed by atoms with Crippen LogP contribution in [0.25, 0.3) is 0 Å². The Labute approximate surface area is 109 Å². The molecule has 2 amide bonds. The maximum atomic E-state index is 12.0. The monoisotopic (exact) mass is 256 g/mol. The molecule has 5 heteroatoms. The lowest BCUT2D eigenvalue weighted by molar-refractivity contribution is -0.141. The van der Waals surface area contributed by atoms with Crippen LogP contribution in [0.3, 0.4) is 0 Å². The summed E-state index contributed by atoms with van der Waals surface area (Å²) in [7, 11) is 0. The lowest BCUT2D eigenvalue weighted by Crippen LogP contribution is -2.44. The minimum Gasteiger partial charge on any atom is -0.481 e. The van der Waals surface area contributed by atoms with Crippen LogP contribution in [0.4, 0.5) is 4.79 Å². The highest BCUT2D eigenvalue weighted by Crippen LogP contribution is 2.25. The smallest absolute Gasteiger partial charge is 0.317 e. The summed E-state index contributed by atoms with van der Waals surface area (Å²) in [4.78, 5) is 24.7. The molecule has 1 aliphatic rings. The fourth-order valence-corrected chi connectivity index (χ4v) is 2.46. The summed E-state index contributed by atoms with van der Waals surface area (Å²) in [5, 5.41) is 11.9. The average Bonchev–Trinajstić information content (AvgIpc) is 2.77. The van der Waals surface area contributed by atoms with Gasteiger partial charge in [0.1, 0.15) is 0 Å². The van der Waals surface area contributed by atoms with Crippen LogP contribution < -0.4 is 5.32 Å². The van der Waals surface area contributed by atoms with E-state index in [0.717, 1.165) is 32.4 Å². The molecule has 2 atom stereocenters. The predicted molar refractivity (Wildman–Crippen MR) is 69.5 cm³/mol. The van der Waals surface area contributed by atoms with Crippen molar-refractivity contribution in [2.45, 2.75) is 52.0 Å². The Balaban J connectivity index is 2.41. The van der Waals surface area contributed by atoms with Gasteiger partial charge >= 0.3 is 12.0 Å². The van der Waals surface area contributed by atoms with Crippen LogP contribution in [0.15, 0.2) is 0 Å². The third-order valence-corrected chi connectivity index (χ3v) is 3.38. The number of carbonyl (C=O) groups excluding carboxylic acids is 1. The van der Waals surface area contributed by atoms with Gasteiger partial charge in [-0.05, 0) is 32.1 Å². The van der Waals surface area contributed by atoms with Crippen LogP contribution in [0, 0.1) is 5.92 Å². The first-order valence-electron chi connectivity index (χ1n) is 6.86. The van der Waals surface area contributed by atoms with Crippen molar-refractivity contribution in [1.82, 2.24) is 10.2 Å². The Kier molecular flexibility index (Phi) is 5.95. The highest BCUT2D eigenvalue weighted by Gasteiger charge is 2.31. The second-order valence-electron chi connectivity index (χ2n) is 4.98. The molecule has 1 fully saturated rings. The summed E-state index contributed by atoms with van der Waals surface area (Å²) in [5.41, 5.74) is 0. The molecule has 18 heavy (non-hydrogen) atoms. The molecular formula is C13H24N2O3. The minimum absolute atomic E-state index is 0.0230. The van der Waals surface area contributed by atoms with Gasteiger partial charge < -0.3 is 15.3 Å². The summed E-state index contributed by atoms with van der Waals surface area (Å²) < 4.78 is 0. The van der Waals surface area contributed by atoms with Gasteiger partial charge in [0.15, 0.2) is 0 Å². The topological polar surface area (TPSA) is 69.6 Å². The second kappa shape index (κ2) is 7.24. The second-order valence-corrected chi connectivity index (χ2v) is 4.98. The van der Waals surface area contributed by atoms with Crippen molar-refractivity contribution in [2.75, 3.05) is 13.1 Å². The number of carboxylic acid groups (broad SMARTS) is 1. The molecule has 5 nitrogen and oxygen atoms in total. The van der Waals surface area contributed by atoms with E-state index in [9.17, 15) is 9.59 Å². The van der Waals surface area contributed by atoms with E-state index in [1.807, 2.05) is 18.7 Å². The van der Waals surface area contributed by atoms with Crippen LogP contribution in [0.5, 0.6) is 0 Å². The third kappa shape index (κ3) is 4.20. The molecule has 1 saturated carbocycles. The molecule has 2 unspecified atom stereocenters. The van der Waals surface area contributed by atoms with Crippen molar-refractivity contribution < 1.29 is 14.7 Å². The number of nitrogens with one attached hydrogen (secondary N) is 1. The van der Waals surface area contributed by atoms with Crippen molar-refractivity contribution in [3.63, 3.8) is 0 Å². The zero-order valence-corrected chi connectivity index (χ0v) is 11.3. The molecule has 2 N–H and O–H groups in total. The number of hydrogen-bond donors (Lipinski definition) is 2. The number of urea groups is 1. The van der Waals surface area contributed by atoms with Crippen LogP contribution in [-0.4, -0.2) is 41.1 Å². The SMILES string of the molecule is CCCN(CCC)C(=O)NC1CCC(C(=O)O)C1. The van der Waals surface area contributed by atoms with E-state index in [1.165, 1.54) is 0 Å². The number of carbonyl (C=O) groups is 2. The van der Waals surface area contributed by atoms with Gasteiger partial charge in [-0.2, -0.15) is 0 Å². The Morgan fingerprint density at radius 2 is 1.83 bits per heavy atom. The zero-order chi connectivity index (χ0) is 13.5. The Morgan fingerprint density at radius 1 is 1.22 bits per heavy atom. The van der Waals surface area contributed by atoms with Crippen LogP contribution in [0.2, 0.25) is 0 Å². The van der Waals surface area contributed by atoms with Crippen molar-refractivity contribution in [3.05, 3.63) is 0 Å². The number of aliphatic carboxylic acids is 1. The van der Waals surface area contributed by atoms with E-state index in [-0.39, 0.29) is 18.0 Å². The predicted octanol–water partition coefficient (Wildman–Crippen LogP) is 2.07. The Bertz CT molecular complexity index is 288. The zero-order valence-electron chi connectivity index (χ0n) is 11.3. The van der Waals surface area contributed by atoms with Gasteiger partial charge in [-0.25, -0.2) is 4.79 Å². The molecule has 104 valence electrons. The normalized spacial score (nSPS) is 22.8. The largest absolute Gasteiger partial charge is 0.481 e. The van der Waals surface area contributed by atoms with E-state index in [2.05, 4.69) is 5.32 Å². The average molecular weight is 256 g/mol. The number of rotatable bonds is 6. The van der Waals surface area contributed by atoms with Crippen LogP contribution in [-0.2, 0) is 4.79 Å². The van der Waals surface area contributed by atoms with Crippen molar-refractivity contribution in [2.24, 2.45) is 5.92 Å². The molecule has 0 aliphatic heterocycles.